The van der Waals surface area contributed by atoms with Crippen LogP contribution in [-0.2, 0) is 9.59 Å². The minimum Gasteiger partial charge on any atom is -0.507 e. The molecule has 1 fully saturated rings. The highest BCUT2D eigenvalue weighted by atomic mass is 16.5. The van der Waals surface area contributed by atoms with E-state index in [0.717, 1.165) is 0 Å². The van der Waals surface area contributed by atoms with Crippen LogP contribution in [-0.4, -0.2) is 73.0 Å². The first-order valence-corrected chi connectivity index (χ1v) is 9.44. The monoisotopic (exact) mass is 411 g/mol. The van der Waals surface area contributed by atoms with Gasteiger partial charge < -0.3 is 24.4 Å². The number of methoxy groups -OCH3 is 2. The highest BCUT2D eigenvalue weighted by Crippen LogP contribution is 2.40. The maximum Gasteiger partial charge on any atom is 0.295 e. The molecule has 1 aliphatic rings. The van der Waals surface area contributed by atoms with E-state index in [9.17, 15) is 14.7 Å². The molecule has 0 unspecified atom stereocenters. The Morgan fingerprint density at radius 2 is 1.77 bits per heavy atom. The van der Waals surface area contributed by atoms with Gasteiger partial charge >= 0.3 is 0 Å². The number of benzene rings is 1. The fraction of sp³-hybridized carbons (Fsp3) is 0.318. The Labute approximate surface area is 175 Å². The van der Waals surface area contributed by atoms with E-state index in [1.807, 2.05) is 19.0 Å². The number of ether oxygens (including phenoxy) is 2. The molecule has 1 aromatic carbocycles. The van der Waals surface area contributed by atoms with Crippen molar-refractivity contribution < 1.29 is 24.2 Å². The van der Waals surface area contributed by atoms with E-state index in [-0.39, 0.29) is 11.3 Å². The first-order valence-electron chi connectivity index (χ1n) is 9.44. The summed E-state index contributed by atoms with van der Waals surface area (Å²) in [6.07, 6.45) is 3.19. The number of likely N-dealkylation sites (N-methyl/N-ethyl adjacent to an activating group) is 1. The average molecular weight is 411 g/mol. The smallest absolute Gasteiger partial charge is 0.295 e. The zero-order valence-electron chi connectivity index (χ0n) is 17.5. The highest BCUT2D eigenvalue weighted by Gasteiger charge is 2.45. The van der Waals surface area contributed by atoms with Crippen LogP contribution in [0.5, 0.6) is 11.5 Å². The quantitative estimate of drug-likeness (QED) is 0.424. The molecule has 1 atom stereocenters. The molecule has 0 aliphatic carbocycles. The van der Waals surface area contributed by atoms with Crippen molar-refractivity contribution in [1.29, 1.82) is 0 Å². The molecule has 1 N–H and O–H groups in total. The van der Waals surface area contributed by atoms with E-state index in [4.69, 9.17) is 9.47 Å². The second-order valence-corrected chi connectivity index (χ2v) is 7.15. The number of nitrogens with zero attached hydrogens (tertiary/aromatic N) is 3. The Morgan fingerprint density at radius 3 is 2.37 bits per heavy atom. The molecule has 2 heterocycles. The van der Waals surface area contributed by atoms with Crippen LogP contribution in [0.15, 0.2) is 48.3 Å². The van der Waals surface area contributed by atoms with Gasteiger partial charge in [-0.3, -0.25) is 14.6 Å². The number of carbonyl (C=O) groups is 2. The van der Waals surface area contributed by atoms with Gasteiger partial charge in [0, 0.05) is 31.0 Å². The lowest BCUT2D eigenvalue weighted by Crippen LogP contribution is -2.35. The summed E-state index contributed by atoms with van der Waals surface area (Å²) in [6.45, 7) is 0.915. The zero-order chi connectivity index (χ0) is 21.8. The van der Waals surface area contributed by atoms with Gasteiger partial charge in [-0.05, 0) is 50.0 Å². The van der Waals surface area contributed by atoms with Gasteiger partial charge in [0.2, 0.25) is 0 Å². The molecule has 1 saturated heterocycles. The van der Waals surface area contributed by atoms with Crippen LogP contribution in [0.4, 0.5) is 0 Å². The predicted octanol–water partition coefficient (Wildman–Crippen LogP) is 2.08. The van der Waals surface area contributed by atoms with Crippen LogP contribution in [0.3, 0.4) is 0 Å². The molecule has 30 heavy (non-hydrogen) atoms. The van der Waals surface area contributed by atoms with Crippen molar-refractivity contribution in [3.8, 4) is 11.5 Å². The lowest BCUT2D eigenvalue weighted by Gasteiger charge is -2.26. The third-order valence-electron chi connectivity index (χ3n) is 5.01. The normalized spacial score (nSPS) is 18.2. The van der Waals surface area contributed by atoms with E-state index in [0.29, 0.717) is 35.7 Å². The van der Waals surface area contributed by atoms with E-state index >= 15 is 0 Å². The Hall–Kier alpha value is -3.39. The standard InChI is InChI=1S/C22H25N3O5/c1-24(2)11-12-25-19(14-7-9-23-10-8-14)18(21(27)22(25)28)20(26)15-5-6-16(29-3)17(13-15)30-4/h5-10,13,19,26H,11-12H2,1-4H3/b20-18+/t19-/m1/s1. The molecular formula is C22H25N3O5. The number of likely N-dealkylation sites (tertiary alicyclic amines) is 1. The molecule has 0 spiro atoms. The molecule has 1 aliphatic heterocycles. The van der Waals surface area contributed by atoms with Gasteiger partial charge in [0.15, 0.2) is 11.5 Å². The number of aliphatic hydroxyl groups excluding tert-OH is 1. The van der Waals surface area contributed by atoms with Crippen molar-refractivity contribution in [2.75, 3.05) is 41.4 Å². The lowest BCUT2D eigenvalue weighted by atomic mass is 9.96. The van der Waals surface area contributed by atoms with Gasteiger partial charge in [-0.25, -0.2) is 0 Å². The molecule has 2 aromatic rings. The number of Topliss-reactive ketones (excluding diaryl/α,β-unsaturated/α-hetero) is 1. The van der Waals surface area contributed by atoms with Gasteiger partial charge in [0.1, 0.15) is 5.76 Å². The summed E-state index contributed by atoms with van der Waals surface area (Å²) in [7, 11) is 6.78. The summed E-state index contributed by atoms with van der Waals surface area (Å²) < 4.78 is 10.5. The molecule has 158 valence electrons. The Balaban J connectivity index is 2.14. The maximum atomic E-state index is 12.9. The third kappa shape index (κ3) is 3.99. The molecule has 3 rings (SSSR count). The van der Waals surface area contributed by atoms with Crippen molar-refractivity contribution in [3.05, 3.63) is 59.4 Å². The van der Waals surface area contributed by atoms with Crippen molar-refractivity contribution in [1.82, 2.24) is 14.8 Å². The minimum atomic E-state index is -0.720. The largest absolute Gasteiger partial charge is 0.507 e. The average Bonchev–Trinajstić information content (AvgIpc) is 3.01. The Morgan fingerprint density at radius 1 is 1.10 bits per heavy atom. The van der Waals surface area contributed by atoms with Crippen LogP contribution >= 0.6 is 0 Å². The van der Waals surface area contributed by atoms with Gasteiger partial charge in [-0.2, -0.15) is 0 Å². The molecule has 8 nitrogen and oxygen atoms in total. The molecule has 1 amide bonds. The zero-order valence-corrected chi connectivity index (χ0v) is 17.5. The first-order chi connectivity index (χ1) is 14.4. The van der Waals surface area contributed by atoms with Crippen LogP contribution in [0, 0.1) is 0 Å². The van der Waals surface area contributed by atoms with E-state index in [2.05, 4.69) is 4.98 Å². The van der Waals surface area contributed by atoms with Crippen molar-refractivity contribution in [2.45, 2.75) is 6.04 Å². The molecular weight excluding hydrogens is 386 g/mol. The van der Waals surface area contributed by atoms with Gasteiger partial charge in [0.05, 0.1) is 25.8 Å². The second-order valence-electron chi connectivity index (χ2n) is 7.15. The van der Waals surface area contributed by atoms with E-state index in [1.54, 1.807) is 42.7 Å². The second kappa shape index (κ2) is 8.96. The summed E-state index contributed by atoms with van der Waals surface area (Å²) in [5, 5.41) is 11.1. The number of pyridine rings is 1. The number of rotatable bonds is 7. The van der Waals surface area contributed by atoms with Crippen molar-refractivity contribution in [2.24, 2.45) is 0 Å². The molecule has 0 radical (unpaired) electrons. The van der Waals surface area contributed by atoms with Crippen LogP contribution < -0.4 is 9.47 Å². The summed E-state index contributed by atoms with van der Waals surface area (Å²) in [4.78, 5) is 33.2. The van der Waals surface area contributed by atoms with Gasteiger partial charge in [-0.1, -0.05) is 0 Å². The van der Waals surface area contributed by atoms with Crippen LogP contribution in [0.2, 0.25) is 0 Å². The fourth-order valence-electron chi connectivity index (χ4n) is 3.45. The highest BCUT2D eigenvalue weighted by molar-refractivity contribution is 6.46. The van der Waals surface area contributed by atoms with Crippen LogP contribution in [0.1, 0.15) is 17.2 Å². The summed E-state index contributed by atoms with van der Waals surface area (Å²) >= 11 is 0. The first kappa shape index (κ1) is 21.3. The SMILES string of the molecule is COc1ccc(/C(O)=C2\C(=O)C(=O)N(CCN(C)C)[C@@H]2c2ccncc2)cc1OC. The summed E-state index contributed by atoms with van der Waals surface area (Å²) in [6, 6.07) is 7.60. The minimum absolute atomic E-state index is 0.0391. The van der Waals surface area contributed by atoms with Crippen molar-refractivity contribution in [3.63, 3.8) is 0 Å². The molecule has 0 saturated carbocycles. The maximum absolute atomic E-state index is 12.9. The van der Waals surface area contributed by atoms with E-state index < -0.39 is 17.7 Å². The van der Waals surface area contributed by atoms with Crippen LogP contribution in [0.25, 0.3) is 5.76 Å². The Bertz CT molecular complexity index is 972. The van der Waals surface area contributed by atoms with Gasteiger partial charge in [0.25, 0.3) is 11.7 Å². The molecule has 8 heteroatoms. The lowest BCUT2D eigenvalue weighted by molar-refractivity contribution is -0.140. The number of ketones is 1. The van der Waals surface area contributed by atoms with Gasteiger partial charge in [-0.15, -0.1) is 0 Å². The summed E-state index contributed by atoms with van der Waals surface area (Å²) in [5.74, 6) is -0.720. The van der Waals surface area contributed by atoms with E-state index in [1.165, 1.54) is 19.1 Å². The van der Waals surface area contributed by atoms with Crippen molar-refractivity contribution >= 4 is 17.4 Å². The molecule has 0 bridgehead atoms. The topological polar surface area (TPSA) is 92.2 Å². The number of aromatic nitrogens is 1. The predicted molar refractivity (Wildman–Crippen MR) is 111 cm³/mol. The number of aliphatic hydroxyl groups is 1. The number of hydrogen-bond donors (Lipinski definition) is 1. The number of hydrogen-bond acceptors (Lipinski definition) is 7. The Kier molecular flexibility index (Phi) is 6.37. The number of carbonyl (C=O) groups excluding carboxylic acids is 2. The third-order valence-corrected chi connectivity index (χ3v) is 5.01. The number of amides is 1. The molecule has 1 aromatic heterocycles. The fourth-order valence-corrected chi connectivity index (χ4v) is 3.45. The summed E-state index contributed by atoms with van der Waals surface area (Å²) in [5.41, 5.74) is 1.10.